The van der Waals surface area contributed by atoms with Gasteiger partial charge < -0.3 is 64.1 Å². The molecule has 0 bridgehead atoms. The third-order valence-corrected chi connectivity index (χ3v) is 16.7. The number of carbonyl (C=O) groups is 8. The maximum Gasteiger partial charge on any atom is 0.245 e. The van der Waals surface area contributed by atoms with Crippen LogP contribution >= 0.6 is 33.2 Å². The third kappa shape index (κ3) is 17.2. The van der Waals surface area contributed by atoms with Gasteiger partial charge in [-0.05, 0) is 96.4 Å². The van der Waals surface area contributed by atoms with Crippen molar-refractivity contribution in [2.45, 2.75) is 106 Å². The number of H-pyrrole nitrogens is 1. The lowest BCUT2D eigenvalue weighted by Crippen LogP contribution is -2.62. The number of nitrogens with one attached hydrogen (secondary N) is 7. The number of hydrogen-bond acceptors (Lipinski definition) is 14. The van der Waals surface area contributed by atoms with E-state index >= 15 is 4.79 Å². The highest BCUT2D eigenvalue weighted by molar-refractivity contribution is 8.76. The van der Waals surface area contributed by atoms with Crippen molar-refractivity contribution in [1.29, 1.82) is 0 Å². The maximum absolute atomic E-state index is 15.2. The molecular formula is C58H69ClN12O9S2. The summed E-state index contributed by atoms with van der Waals surface area (Å²) in [7, 11) is 3.42. The highest BCUT2D eigenvalue weighted by Gasteiger charge is 2.38. The van der Waals surface area contributed by atoms with Crippen LogP contribution in [-0.4, -0.2) is 147 Å². The Morgan fingerprint density at radius 2 is 1.49 bits per heavy atom. The van der Waals surface area contributed by atoms with Gasteiger partial charge in [0.25, 0.3) is 0 Å². The number of primary amides is 1. The first-order valence-corrected chi connectivity index (χ1v) is 29.7. The zero-order valence-electron chi connectivity index (χ0n) is 45.3. The number of amides is 8. The fourth-order valence-corrected chi connectivity index (χ4v) is 11.9. The molecule has 0 spiro atoms. The number of aliphatic hydroxyl groups is 1. The van der Waals surface area contributed by atoms with E-state index in [9.17, 15) is 38.7 Å². The number of aromatic nitrogens is 2. The molecule has 0 saturated carbocycles. The molecule has 2 aromatic heterocycles. The molecule has 21 nitrogen and oxygen atoms in total. The van der Waals surface area contributed by atoms with Gasteiger partial charge in [0.15, 0.2) is 0 Å². The van der Waals surface area contributed by atoms with Crippen molar-refractivity contribution >= 4 is 102 Å². The monoisotopic (exact) mass is 1180 g/mol. The zero-order valence-corrected chi connectivity index (χ0v) is 47.7. The standard InChI is InChI=1S/C58H69ClN12O9S2/c1-33(72)50-57(79)69-48(54(76)65-44(51(62)73)26-35-16-19-37-11-3-4-12-38(37)24-35)32-82-81-31-47(68-52(74)42(61)25-34-17-20-40(59)21-18-34)55(77)66-45(27-36-10-9-23-63-29-36)53(75)67-46(28-39-30-64-43-14-6-5-13-41(39)43)58(80)71(2)49(56(78)70-50)15-7-8-22-60/h3-6,9-14,16-21,23-24,29-30,33,42,44-50,64,72H,7-8,15,22,25-28,31-32,60-61H2,1-2H3,(H2,62,73)(H,65,76)(H,66,77)(H,67,75)(H,68,74)(H,69,79)(H,70,78)/t33-,42+,44+,45+,46?,47?,48?,49+,50+/m1/s1. The van der Waals surface area contributed by atoms with Gasteiger partial charge in [0.1, 0.15) is 42.3 Å². The predicted molar refractivity (Wildman–Crippen MR) is 318 cm³/mol. The Bertz CT molecular complexity index is 3210. The number of para-hydroxylation sites is 1. The molecule has 3 heterocycles. The van der Waals surface area contributed by atoms with Crippen LogP contribution < -0.4 is 49.1 Å². The van der Waals surface area contributed by atoms with Gasteiger partial charge in [0.05, 0.1) is 12.1 Å². The van der Waals surface area contributed by atoms with Gasteiger partial charge in [-0.25, -0.2) is 0 Å². The summed E-state index contributed by atoms with van der Waals surface area (Å²) in [4.78, 5) is 124. The van der Waals surface area contributed by atoms with E-state index in [4.69, 9.17) is 28.8 Å². The second-order valence-corrected chi connectivity index (χ2v) is 23.2. The fraction of sp³-hybridized carbons (Fsp3) is 0.362. The average molecular weight is 1180 g/mol. The van der Waals surface area contributed by atoms with Crippen LogP contribution in [-0.2, 0) is 64.0 Å². The van der Waals surface area contributed by atoms with E-state index in [0.717, 1.165) is 48.2 Å². The maximum atomic E-state index is 15.2. The number of likely N-dealkylation sites (N-methyl/N-ethyl adjacent to an activating group) is 1. The second kappa shape index (κ2) is 30.0. The van der Waals surface area contributed by atoms with E-state index in [0.29, 0.717) is 40.1 Å². The number of pyridine rings is 1. The first-order valence-electron chi connectivity index (χ1n) is 26.8. The number of halogens is 1. The molecule has 434 valence electrons. The lowest BCUT2D eigenvalue weighted by atomic mass is 10.00. The van der Waals surface area contributed by atoms with Crippen LogP contribution in [0.1, 0.15) is 48.4 Å². The topological polar surface area (TPSA) is 339 Å². The highest BCUT2D eigenvalue weighted by Crippen LogP contribution is 2.25. The average Bonchev–Trinajstić information content (AvgIpc) is 3.98. The van der Waals surface area contributed by atoms with E-state index in [2.05, 4.69) is 41.9 Å². The largest absolute Gasteiger partial charge is 0.391 e. The zero-order chi connectivity index (χ0) is 58.9. The van der Waals surface area contributed by atoms with Crippen LogP contribution in [0.5, 0.6) is 0 Å². The van der Waals surface area contributed by atoms with Gasteiger partial charge in [-0.1, -0.05) is 112 Å². The lowest BCUT2D eigenvalue weighted by molar-refractivity contribution is -0.143. The number of aliphatic hydroxyl groups excluding tert-OH is 1. The number of carbonyl (C=O) groups excluding carboxylic acids is 8. The molecule has 9 atom stereocenters. The van der Waals surface area contributed by atoms with Crippen molar-refractivity contribution in [3.63, 3.8) is 0 Å². The molecule has 82 heavy (non-hydrogen) atoms. The molecule has 8 amide bonds. The molecular weight excluding hydrogens is 1110 g/mol. The minimum Gasteiger partial charge on any atom is -0.391 e. The summed E-state index contributed by atoms with van der Waals surface area (Å²) in [5.41, 5.74) is 21.5. The van der Waals surface area contributed by atoms with Crippen LogP contribution in [0.3, 0.4) is 0 Å². The minimum atomic E-state index is -1.70. The van der Waals surface area contributed by atoms with Gasteiger partial charge in [0, 0.05) is 72.3 Å². The van der Waals surface area contributed by atoms with Crippen molar-refractivity contribution < 1.29 is 43.5 Å². The van der Waals surface area contributed by atoms with E-state index in [1.807, 2.05) is 60.7 Å². The number of nitrogens with zero attached hydrogens (tertiary/aromatic N) is 2. The summed E-state index contributed by atoms with van der Waals surface area (Å²) >= 11 is 6.11. The van der Waals surface area contributed by atoms with Crippen LogP contribution in [0.15, 0.2) is 122 Å². The molecule has 1 aliphatic rings. The number of unbranched alkanes of at least 4 members (excludes halogenated alkanes) is 1. The summed E-state index contributed by atoms with van der Waals surface area (Å²) in [6, 6.07) is 19.5. The van der Waals surface area contributed by atoms with E-state index in [1.54, 1.807) is 54.9 Å². The van der Waals surface area contributed by atoms with Crippen molar-refractivity contribution in [2.75, 3.05) is 25.1 Å². The lowest BCUT2D eigenvalue weighted by Gasteiger charge is -2.33. The van der Waals surface area contributed by atoms with Crippen LogP contribution in [0.4, 0.5) is 0 Å². The Hall–Kier alpha value is -7.54. The van der Waals surface area contributed by atoms with Gasteiger partial charge in [0.2, 0.25) is 47.3 Å². The number of hydrogen-bond donors (Lipinski definition) is 11. The SMILES string of the molecule is C[C@@H](O)[C@@H]1NC(=O)[C@H](CCCCN)N(C)C(=O)C(Cc2c[nH]c3ccccc23)NC(=O)[C@H](Cc2cccnc2)NC(=O)C(NC(=O)[C@@H](N)Cc2ccc(Cl)cc2)CSSCC(C(=O)N[C@@H](Cc2ccc3ccccc3c2)C(N)=O)NC1=O. The van der Waals surface area contributed by atoms with Crippen molar-refractivity contribution in [2.24, 2.45) is 17.2 Å². The quantitative estimate of drug-likeness (QED) is 0.0434. The molecule has 1 aliphatic heterocycles. The van der Waals surface area contributed by atoms with Crippen molar-refractivity contribution in [1.82, 2.24) is 46.8 Å². The molecule has 6 aromatic rings. The molecule has 1 saturated heterocycles. The van der Waals surface area contributed by atoms with E-state index in [1.165, 1.54) is 20.2 Å². The summed E-state index contributed by atoms with van der Waals surface area (Å²) in [6.45, 7) is 1.52. The Kier molecular flexibility index (Phi) is 22.7. The molecule has 24 heteroatoms. The van der Waals surface area contributed by atoms with Crippen LogP contribution in [0.25, 0.3) is 21.7 Å². The minimum absolute atomic E-state index is 0.0162. The Balaban J connectivity index is 1.26. The number of fused-ring (bicyclic) bond motifs is 2. The number of aromatic amines is 1. The fourth-order valence-electron chi connectivity index (χ4n) is 9.47. The molecule has 3 unspecified atom stereocenters. The number of rotatable bonds is 18. The predicted octanol–water partition coefficient (Wildman–Crippen LogP) is 2.09. The normalized spacial score (nSPS) is 21.0. The second-order valence-electron chi connectivity index (χ2n) is 20.2. The molecule has 14 N–H and O–H groups in total. The van der Waals surface area contributed by atoms with Crippen molar-refractivity contribution in [3.8, 4) is 0 Å². The summed E-state index contributed by atoms with van der Waals surface area (Å²) in [6.07, 6.45) is 3.87. The highest BCUT2D eigenvalue weighted by atomic mass is 35.5. The van der Waals surface area contributed by atoms with Crippen LogP contribution in [0, 0.1) is 0 Å². The number of nitrogens with two attached hydrogens (primary N) is 3. The molecule has 4 aromatic carbocycles. The first kappa shape index (κ1) is 62.1. The summed E-state index contributed by atoms with van der Waals surface area (Å²) < 4.78 is 0. The number of benzene rings is 4. The van der Waals surface area contributed by atoms with E-state index < -0.39 is 102 Å². The van der Waals surface area contributed by atoms with Gasteiger partial charge >= 0.3 is 0 Å². The van der Waals surface area contributed by atoms with Gasteiger partial charge in [-0.15, -0.1) is 0 Å². The molecule has 0 radical (unpaired) electrons. The molecule has 7 rings (SSSR count). The third-order valence-electron chi connectivity index (χ3n) is 14.1. The smallest absolute Gasteiger partial charge is 0.245 e. The summed E-state index contributed by atoms with van der Waals surface area (Å²) in [5, 5.41) is 30.6. The van der Waals surface area contributed by atoms with Crippen molar-refractivity contribution in [3.05, 3.63) is 149 Å². The Morgan fingerprint density at radius 3 is 2.21 bits per heavy atom. The molecule has 0 aliphatic carbocycles. The summed E-state index contributed by atoms with van der Waals surface area (Å²) in [5.74, 6) is -7.02. The molecule has 1 fully saturated rings. The first-order chi connectivity index (χ1) is 39.4. The van der Waals surface area contributed by atoms with Gasteiger partial charge in [-0.3, -0.25) is 43.3 Å². The van der Waals surface area contributed by atoms with Crippen LogP contribution in [0.2, 0.25) is 5.02 Å². The van der Waals surface area contributed by atoms with Gasteiger partial charge in [-0.2, -0.15) is 0 Å². The Morgan fingerprint density at radius 1 is 0.780 bits per heavy atom. The van der Waals surface area contributed by atoms with E-state index in [-0.39, 0.29) is 50.2 Å². The Labute approximate surface area is 487 Å².